The van der Waals surface area contributed by atoms with Crippen LogP contribution in [0.1, 0.15) is 31.2 Å². The summed E-state index contributed by atoms with van der Waals surface area (Å²) in [6, 6.07) is 5.33. The average Bonchev–Trinajstić information content (AvgIpc) is 2.41. The number of methoxy groups -OCH3 is 1. The molecule has 4 nitrogen and oxygen atoms in total. The molecule has 4 heteroatoms. The summed E-state index contributed by atoms with van der Waals surface area (Å²) in [7, 11) is 1.59. The number of hydrogen-bond acceptors (Lipinski definition) is 4. The Kier molecular flexibility index (Phi) is 4.44. The fraction of sp³-hybridized carbons (Fsp3) is 0.571. The summed E-state index contributed by atoms with van der Waals surface area (Å²) >= 11 is 0. The third-order valence-electron chi connectivity index (χ3n) is 3.39. The molecule has 1 saturated carbocycles. The molecule has 1 aromatic carbocycles. The third kappa shape index (κ3) is 2.94. The Morgan fingerprint density at radius 3 is 2.72 bits per heavy atom. The largest absolute Gasteiger partial charge is 0.497 e. The second-order valence-electron chi connectivity index (χ2n) is 4.64. The molecule has 1 aliphatic carbocycles. The number of aliphatic hydroxyl groups is 2. The van der Waals surface area contributed by atoms with Crippen LogP contribution in [0.15, 0.2) is 18.2 Å². The van der Waals surface area contributed by atoms with E-state index in [0.29, 0.717) is 17.1 Å². The third-order valence-corrected chi connectivity index (χ3v) is 3.39. The molecule has 1 aliphatic rings. The lowest BCUT2D eigenvalue weighted by Crippen LogP contribution is -2.34. The van der Waals surface area contributed by atoms with Crippen LogP contribution in [-0.4, -0.2) is 29.5 Å². The van der Waals surface area contributed by atoms with E-state index in [-0.39, 0.29) is 12.7 Å². The van der Waals surface area contributed by atoms with Crippen LogP contribution in [0.5, 0.6) is 11.5 Å². The normalized spacial score (nSPS) is 23.7. The van der Waals surface area contributed by atoms with Crippen molar-refractivity contribution in [1.29, 1.82) is 0 Å². The first-order valence-electron chi connectivity index (χ1n) is 6.37. The monoisotopic (exact) mass is 252 g/mol. The molecule has 0 aliphatic heterocycles. The fourth-order valence-electron chi connectivity index (χ4n) is 2.28. The molecule has 0 amide bonds. The molecule has 2 N–H and O–H groups in total. The molecule has 0 radical (unpaired) electrons. The van der Waals surface area contributed by atoms with Gasteiger partial charge in [0.15, 0.2) is 0 Å². The van der Waals surface area contributed by atoms with Crippen molar-refractivity contribution in [2.75, 3.05) is 7.11 Å². The van der Waals surface area contributed by atoms with E-state index in [9.17, 15) is 10.2 Å². The van der Waals surface area contributed by atoms with Crippen molar-refractivity contribution in [3.63, 3.8) is 0 Å². The highest BCUT2D eigenvalue weighted by molar-refractivity contribution is 5.40. The summed E-state index contributed by atoms with van der Waals surface area (Å²) in [6.45, 7) is -0.0812. The quantitative estimate of drug-likeness (QED) is 0.859. The molecule has 0 heterocycles. The van der Waals surface area contributed by atoms with E-state index >= 15 is 0 Å². The Labute approximate surface area is 107 Å². The first-order valence-corrected chi connectivity index (χ1v) is 6.37. The van der Waals surface area contributed by atoms with Gasteiger partial charge in [0.25, 0.3) is 0 Å². The molecule has 0 aromatic heterocycles. The molecule has 2 atom stereocenters. The van der Waals surface area contributed by atoms with Crippen LogP contribution in [0.25, 0.3) is 0 Å². The van der Waals surface area contributed by atoms with Crippen molar-refractivity contribution in [1.82, 2.24) is 0 Å². The highest BCUT2D eigenvalue weighted by atomic mass is 16.5. The molecule has 18 heavy (non-hydrogen) atoms. The maximum absolute atomic E-state index is 9.90. The van der Waals surface area contributed by atoms with Gasteiger partial charge in [-0.3, -0.25) is 0 Å². The fourth-order valence-corrected chi connectivity index (χ4v) is 2.28. The summed E-state index contributed by atoms with van der Waals surface area (Å²) < 4.78 is 11.0. The molecule has 1 fully saturated rings. The van der Waals surface area contributed by atoms with E-state index in [1.165, 1.54) is 0 Å². The first kappa shape index (κ1) is 13.2. The predicted octanol–water partition coefficient (Wildman–Crippen LogP) is 1.87. The van der Waals surface area contributed by atoms with Crippen molar-refractivity contribution in [3.8, 4) is 11.5 Å². The van der Waals surface area contributed by atoms with Gasteiger partial charge in [-0.25, -0.2) is 0 Å². The van der Waals surface area contributed by atoms with Crippen LogP contribution in [0.3, 0.4) is 0 Å². The minimum absolute atomic E-state index is 0.0812. The van der Waals surface area contributed by atoms with E-state index in [1.807, 2.05) is 0 Å². The predicted molar refractivity (Wildman–Crippen MR) is 67.8 cm³/mol. The van der Waals surface area contributed by atoms with Crippen LogP contribution >= 0.6 is 0 Å². The molecule has 0 spiro atoms. The molecular formula is C14H20O4. The second-order valence-corrected chi connectivity index (χ2v) is 4.64. The van der Waals surface area contributed by atoms with E-state index in [4.69, 9.17) is 9.47 Å². The van der Waals surface area contributed by atoms with Gasteiger partial charge in [0.2, 0.25) is 0 Å². The van der Waals surface area contributed by atoms with Crippen LogP contribution in [0.4, 0.5) is 0 Å². The molecule has 2 rings (SSSR count). The van der Waals surface area contributed by atoms with Gasteiger partial charge in [-0.2, -0.15) is 0 Å². The lowest BCUT2D eigenvalue weighted by atomic mass is 9.95. The molecule has 100 valence electrons. The highest BCUT2D eigenvalue weighted by Crippen LogP contribution is 2.29. The van der Waals surface area contributed by atoms with Gasteiger partial charge in [-0.15, -0.1) is 0 Å². The lowest BCUT2D eigenvalue weighted by Gasteiger charge is -2.29. The minimum Gasteiger partial charge on any atom is -0.497 e. The number of benzene rings is 1. The zero-order valence-corrected chi connectivity index (χ0v) is 10.6. The van der Waals surface area contributed by atoms with Gasteiger partial charge in [0.05, 0.1) is 19.8 Å². The van der Waals surface area contributed by atoms with E-state index in [1.54, 1.807) is 25.3 Å². The number of ether oxygens (including phenoxy) is 2. The average molecular weight is 252 g/mol. The summed E-state index contributed by atoms with van der Waals surface area (Å²) in [6.07, 6.45) is 3.14. The van der Waals surface area contributed by atoms with Crippen molar-refractivity contribution in [3.05, 3.63) is 23.8 Å². The Hall–Kier alpha value is -1.26. The Morgan fingerprint density at radius 1 is 1.28 bits per heavy atom. The molecule has 2 unspecified atom stereocenters. The minimum atomic E-state index is -0.420. The van der Waals surface area contributed by atoms with Gasteiger partial charge in [-0.05, 0) is 31.4 Å². The zero-order valence-electron chi connectivity index (χ0n) is 10.6. The molecule has 0 bridgehead atoms. The lowest BCUT2D eigenvalue weighted by molar-refractivity contribution is 0.00577. The standard InChI is InChI=1S/C14H20O4/c1-17-11-7-6-10(9-15)14(8-11)18-13-5-3-2-4-12(13)16/h6-8,12-13,15-16H,2-5,9H2,1H3. The maximum Gasteiger partial charge on any atom is 0.129 e. The summed E-state index contributed by atoms with van der Waals surface area (Å²) in [5, 5.41) is 19.2. The van der Waals surface area contributed by atoms with Crippen LogP contribution < -0.4 is 9.47 Å². The number of hydrogen-bond donors (Lipinski definition) is 2. The SMILES string of the molecule is COc1ccc(CO)c(OC2CCCCC2O)c1. The molecule has 1 aromatic rings. The van der Waals surface area contributed by atoms with Crippen LogP contribution in [0.2, 0.25) is 0 Å². The smallest absolute Gasteiger partial charge is 0.129 e. The maximum atomic E-state index is 9.90. The number of rotatable bonds is 4. The first-order chi connectivity index (χ1) is 8.74. The Bertz CT molecular complexity index is 391. The molecule has 0 saturated heterocycles. The summed E-state index contributed by atoms with van der Waals surface area (Å²) in [5.41, 5.74) is 0.716. The van der Waals surface area contributed by atoms with E-state index in [2.05, 4.69) is 0 Å². The Balaban J connectivity index is 2.15. The highest BCUT2D eigenvalue weighted by Gasteiger charge is 2.25. The van der Waals surface area contributed by atoms with Gasteiger partial charge < -0.3 is 19.7 Å². The zero-order chi connectivity index (χ0) is 13.0. The van der Waals surface area contributed by atoms with Crippen LogP contribution in [-0.2, 0) is 6.61 Å². The van der Waals surface area contributed by atoms with Gasteiger partial charge >= 0.3 is 0 Å². The molecular weight excluding hydrogens is 232 g/mol. The van der Waals surface area contributed by atoms with E-state index < -0.39 is 6.10 Å². The Morgan fingerprint density at radius 2 is 2.06 bits per heavy atom. The van der Waals surface area contributed by atoms with Crippen LogP contribution in [0, 0.1) is 0 Å². The van der Waals surface area contributed by atoms with Gasteiger partial charge in [0, 0.05) is 11.6 Å². The van der Waals surface area contributed by atoms with Crippen molar-refractivity contribution < 1.29 is 19.7 Å². The van der Waals surface area contributed by atoms with Crippen molar-refractivity contribution in [2.24, 2.45) is 0 Å². The van der Waals surface area contributed by atoms with Crippen molar-refractivity contribution >= 4 is 0 Å². The second kappa shape index (κ2) is 6.07. The number of aliphatic hydroxyl groups excluding tert-OH is 2. The van der Waals surface area contributed by atoms with Crippen molar-refractivity contribution in [2.45, 2.75) is 44.5 Å². The van der Waals surface area contributed by atoms with Gasteiger partial charge in [0.1, 0.15) is 17.6 Å². The summed E-state index contributed by atoms with van der Waals surface area (Å²) in [5.74, 6) is 1.29. The van der Waals surface area contributed by atoms with Gasteiger partial charge in [-0.1, -0.05) is 6.42 Å². The summed E-state index contributed by atoms with van der Waals surface area (Å²) in [4.78, 5) is 0. The topological polar surface area (TPSA) is 58.9 Å². The van der Waals surface area contributed by atoms with E-state index in [0.717, 1.165) is 25.7 Å².